The molecule has 24 heavy (non-hydrogen) atoms. The van der Waals surface area contributed by atoms with Gasteiger partial charge in [0.2, 0.25) is 11.0 Å². The van der Waals surface area contributed by atoms with E-state index >= 15 is 0 Å². The Bertz CT molecular complexity index is 796. The van der Waals surface area contributed by atoms with Crippen LogP contribution in [0.25, 0.3) is 5.69 Å². The lowest BCUT2D eigenvalue weighted by Gasteiger charge is -2.03. The van der Waals surface area contributed by atoms with Gasteiger partial charge in [0.15, 0.2) is 0 Å². The lowest BCUT2D eigenvalue weighted by Crippen LogP contribution is -2.14. The van der Waals surface area contributed by atoms with Gasteiger partial charge in [-0.1, -0.05) is 37.3 Å². The number of anilines is 1. The molecule has 9 heteroatoms. The highest BCUT2D eigenvalue weighted by molar-refractivity contribution is 7.15. The molecule has 2 aromatic heterocycles. The summed E-state index contributed by atoms with van der Waals surface area (Å²) >= 11 is 1.42. The zero-order chi connectivity index (χ0) is 16.9. The smallest absolute Gasteiger partial charge is 0.230 e. The van der Waals surface area contributed by atoms with Crippen LogP contribution in [0.15, 0.2) is 30.6 Å². The van der Waals surface area contributed by atoms with E-state index < -0.39 is 0 Å². The number of carbonyl (C=O) groups is 1. The van der Waals surface area contributed by atoms with Gasteiger partial charge in [0.25, 0.3) is 0 Å². The summed E-state index contributed by atoms with van der Waals surface area (Å²) in [4.78, 5) is 12.1. The Morgan fingerprint density at radius 2 is 2.04 bits per heavy atom. The third-order valence-electron chi connectivity index (χ3n) is 3.21. The lowest BCUT2D eigenvalue weighted by atomic mass is 10.1. The fourth-order valence-corrected chi connectivity index (χ4v) is 3.10. The van der Waals surface area contributed by atoms with Crippen molar-refractivity contribution < 1.29 is 4.79 Å². The van der Waals surface area contributed by atoms with Gasteiger partial charge in [-0.3, -0.25) is 4.79 Å². The van der Waals surface area contributed by atoms with E-state index in [0.29, 0.717) is 11.0 Å². The van der Waals surface area contributed by atoms with Crippen LogP contribution in [0, 0.1) is 5.92 Å². The van der Waals surface area contributed by atoms with Crippen molar-refractivity contribution in [3.63, 3.8) is 0 Å². The summed E-state index contributed by atoms with van der Waals surface area (Å²) in [5, 5.41) is 23.4. The molecule has 1 aromatic carbocycles. The summed E-state index contributed by atoms with van der Waals surface area (Å²) in [6.07, 6.45) is 2.66. The summed E-state index contributed by atoms with van der Waals surface area (Å²) in [6.45, 7) is 4.25. The fourth-order valence-electron chi connectivity index (χ4n) is 2.13. The minimum absolute atomic E-state index is 0.114. The standard InChI is InChI=1S/C15H17N7OS/c1-10(2)7-14-18-19-15(24-14)17-13(23)8-11-3-5-12(6-4-11)22-9-16-20-21-22/h3-6,9-10H,7-8H2,1-2H3,(H,17,19,23). The predicted molar refractivity (Wildman–Crippen MR) is 89.9 cm³/mol. The van der Waals surface area contributed by atoms with Crippen LogP contribution >= 0.6 is 11.3 Å². The first kappa shape index (κ1) is 16.2. The first-order valence-corrected chi connectivity index (χ1v) is 8.36. The highest BCUT2D eigenvalue weighted by Gasteiger charge is 2.10. The molecule has 1 N–H and O–H groups in total. The summed E-state index contributed by atoms with van der Waals surface area (Å²) in [6, 6.07) is 7.48. The van der Waals surface area contributed by atoms with Crippen LogP contribution in [-0.4, -0.2) is 36.3 Å². The minimum Gasteiger partial charge on any atom is -0.300 e. The van der Waals surface area contributed by atoms with Crippen LogP contribution in [0.3, 0.4) is 0 Å². The first-order valence-electron chi connectivity index (χ1n) is 7.54. The molecule has 0 saturated carbocycles. The van der Waals surface area contributed by atoms with Crippen molar-refractivity contribution in [1.82, 2.24) is 30.4 Å². The SMILES string of the molecule is CC(C)Cc1nnc(NC(=O)Cc2ccc(-n3cnnn3)cc2)s1. The van der Waals surface area contributed by atoms with Gasteiger partial charge in [-0.15, -0.1) is 15.3 Å². The van der Waals surface area contributed by atoms with Gasteiger partial charge in [-0.05, 0) is 34.0 Å². The van der Waals surface area contributed by atoms with Crippen LogP contribution < -0.4 is 5.32 Å². The molecule has 0 saturated heterocycles. The molecule has 8 nitrogen and oxygen atoms in total. The Morgan fingerprint density at radius 1 is 1.25 bits per heavy atom. The van der Waals surface area contributed by atoms with Gasteiger partial charge in [0, 0.05) is 6.42 Å². The Kier molecular flexibility index (Phi) is 4.90. The molecule has 0 aliphatic rings. The number of tetrazole rings is 1. The predicted octanol–water partition coefficient (Wildman–Crippen LogP) is 1.89. The highest BCUT2D eigenvalue weighted by atomic mass is 32.1. The molecule has 0 aliphatic carbocycles. The molecule has 0 radical (unpaired) electrons. The van der Waals surface area contributed by atoms with Crippen LogP contribution in [0.4, 0.5) is 5.13 Å². The molecule has 0 bridgehead atoms. The molecule has 0 fully saturated rings. The van der Waals surface area contributed by atoms with E-state index in [0.717, 1.165) is 22.7 Å². The zero-order valence-electron chi connectivity index (χ0n) is 13.4. The number of rotatable bonds is 6. The fraction of sp³-hybridized carbons (Fsp3) is 0.333. The maximum Gasteiger partial charge on any atom is 0.230 e. The van der Waals surface area contributed by atoms with E-state index in [1.54, 1.807) is 4.68 Å². The maximum atomic E-state index is 12.1. The normalized spacial score (nSPS) is 11.0. The summed E-state index contributed by atoms with van der Waals surface area (Å²) in [5.74, 6) is 0.401. The van der Waals surface area contributed by atoms with Crippen molar-refractivity contribution in [3.8, 4) is 5.69 Å². The summed E-state index contributed by atoms with van der Waals surface area (Å²) in [5.41, 5.74) is 1.74. The van der Waals surface area contributed by atoms with Crippen molar-refractivity contribution in [2.45, 2.75) is 26.7 Å². The average molecular weight is 343 g/mol. The second-order valence-corrected chi connectivity index (χ2v) is 6.81. The van der Waals surface area contributed by atoms with E-state index in [-0.39, 0.29) is 12.3 Å². The van der Waals surface area contributed by atoms with E-state index in [1.165, 1.54) is 17.7 Å². The minimum atomic E-state index is -0.114. The van der Waals surface area contributed by atoms with Crippen molar-refractivity contribution >= 4 is 22.4 Å². The van der Waals surface area contributed by atoms with Crippen molar-refractivity contribution in [1.29, 1.82) is 0 Å². The monoisotopic (exact) mass is 343 g/mol. The van der Waals surface area contributed by atoms with Crippen LogP contribution in [-0.2, 0) is 17.6 Å². The molecular formula is C15H17N7OS. The molecule has 124 valence electrons. The van der Waals surface area contributed by atoms with Crippen molar-refractivity contribution in [3.05, 3.63) is 41.2 Å². The number of carbonyl (C=O) groups excluding carboxylic acids is 1. The highest BCUT2D eigenvalue weighted by Crippen LogP contribution is 2.18. The topological polar surface area (TPSA) is 98.5 Å². The average Bonchev–Trinajstić information content (AvgIpc) is 3.19. The molecular weight excluding hydrogens is 326 g/mol. The third-order valence-corrected chi connectivity index (χ3v) is 4.07. The van der Waals surface area contributed by atoms with Gasteiger partial charge in [-0.2, -0.15) is 0 Å². The Morgan fingerprint density at radius 3 is 2.71 bits per heavy atom. The van der Waals surface area contributed by atoms with Crippen LogP contribution in [0.2, 0.25) is 0 Å². The van der Waals surface area contributed by atoms with Gasteiger partial charge in [-0.25, -0.2) is 4.68 Å². The van der Waals surface area contributed by atoms with Crippen LogP contribution in [0.5, 0.6) is 0 Å². The maximum absolute atomic E-state index is 12.1. The number of hydrogen-bond donors (Lipinski definition) is 1. The molecule has 0 spiro atoms. The quantitative estimate of drug-likeness (QED) is 0.734. The molecule has 0 atom stereocenters. The molecule has 1 amide bonds. The molecule has 3 rings (SSSR count). The van der Waals surface area contributed by atoms with Crippen molar-refractivity contribution in [2.75, 3.05) is 5.32 Å². The molecule has 2 heterocycles. The second-order valence-electron chi connectivity index (χ2n) is 5.74. The third kappa shape index (κ3) is 4.19. The Hall–Kier alpha value is -2.68. The Balaban J connectivity index is 1.57. The molecule has 0 aliphatic heterocycles. The van der Waals surface area contributed by atoms with E-state index in [4.69, 9.17) is 0 Å². The number of nitrogens with zero attached hydrogens (tertiary/aromatic N) is 6. The molecule has 3 aromatic rings. The van der Waals surface area contributed by atoms with Gasteiger partial charge < -0.3 is 5.32 Å². The summed E-state index contributed by atoms with van der Waals surface area (Å²) < 4.78 is 1.56. The number of benzene rings is 1. The molecule has 0 unspecified atom stereocenters. The van der Waals surface area contributed by atoms with E-state index in [1.807, 2.05) is 24.3 Å². The summed E-state index contributed by atoms with van der Waals surface area (Å²) in [7, 11) is 0. The van der Waals surface area contributed by atoms with Crippen LogP contribution in [0.1, 0.15) is 24.4 Å². The largest absolute Gasteiger partial charge is 0.300 e. The first-order chi connectivity index (χ1) is 11.6. The van der Waals surface area contributed by atoms with Gasteiger partial charge >= 0.3 is 0 Å². The second kappa shape index (κ2) is 7.26. The zero-order valence-corrected chi connectivity index (χ0v) is 14.2. The van der Waals surface area contributed by atoms with Gasteiger partial charge in [0.05, 0.1) is 12.1 Å². The van der Waals surface area contributed by atoms with E-state index in [2.05, 4.69) is 44.9 Å². The van der Waals surface area contributed by atoms with Gasteiger partial charge in [0.1, 0.15) is 11.3 Å². The number of hydrogen-bond acceptors (Lipinski definition) is 7. The Labute approximate surface area is 142 Å². The number of nitrogens with one attached hydrogen (secondary N) is 1. The van der Waals surface area contributed by atoms with E-state index in [9.17, 15) is 4.79 Å². The lowest BCUT2D eigenvalue weighted by molar-refractivity contribution is -0.115. The number of aromatic nitrogens is 6. The van der Waals surface area contributed by atoms with Crippen molar-refractivity contribution in [2.24, 2.45) is 5.92 Å². The number of amides is 1.